The van der Waals surface area contributed by atoms with Gasteiger partial charge in [0.15, 0.2) is 0 Å². The average molecular weight is 276 g/mol. The summed E-state index contributed by atoms with van der Waals surface area (Å²) in [5, 5.41) is 8.46. The zero-order valence-electron chi connectivity index (χ0n) is 11.3. The Kier molecular flexibility index (Phi) is 4.95. The highest BCUT2D eigenvalue weighted by Gasteiger charge is 2.20. The fourth-order valence-corrected chi connectivity index (χ4v) is 1.81. The van der Waals surface area contributed by atoms with Crippen LogP contribution in [-0.2, 0) is 11.3 Å². The highest BCUT2D eigenvalue weighted by Crippen LogP contribution is 2.27. The monoisotopic (exact) mass is 276 g/mol. The van der Waals surface area contributed by atoms with Gasteiger partial charge in [0.2, 0.25) is 5.91 Å². The largest absolute Gasteiger partial charge is 0.352 e. The molecule has 0 spiro atoms. The SMILES string of the molecule is NC(=O)NCc1ccc(NC(=O)CNCC2CC2)cc1. The van der Waals surface area contributed by atoms with Crippen LogP contribution in [0.2, 0.25) is 0 Å². The van der Waals surface area contributed by atoms with E-state index in [-0.39, 0.29) is 5.91 Å². The number of benzene rings is 1. The summed E-state index contributed by atoms with van der Waals surface area (Å²) in [6, 6.07) is 6.73. The highest BCUT2D eigenvalue weighted by molar-refractivity contribution is 5.92. The maximum atomic E-state index is 11.7. The Bertz CT molecular complexity index is 469. The standard InChI is InChI=1S/C14H20N4O2/c15-14(20)17-8-11-3-5-12(6-4-11)18-13(19)9-16-7-10-1-2-10/h3-6,10,16H,1-2,7-9H2,(H,18,19)(H3,15,17,20). The number of urea groups is 1. The molecule has 1 aromatic carbocycles. The normalized spacial score (nSPS) is 13.8. The predicted octanol–water partition coefficient (Wildman–Crippen LogP) is 0.793. The molecule has 1 aliphatic rings. The summed E-state index contributed by atoms with van der Waals surface area (Å²) >= 11 is 0. The molecule has 0 unspecified atom stereocenters. The molecular weight excluding hydrogens is 256 g/mol. The van der Waals surface area contributed by atoms with Crippen LogP contribution in [0.15, 0.2) is 24.3 Å². The van der Waals surface area contributed by atoms with Crippen LogP contribution in [0, 0.1) is 5.92 Å². The summed E-state index contributed by atoms with van der Waals surface area (Å²) in [7, 11) is 0. The van der Waals surface area contributed by atoms with Crippen LogP contribution in [0.4, 0.5) is 10.5 Å². The first-order chi connectivity index (χ1) is 9.63. The van der Waals surface area contributed by atoms with E-state index < -0.39 is 6.03 Å². The Morgan fingerprint density at radius 3 is 2.50 bits per heavy atom. The van der Waals surface area contributed by atoms with Gasteiger partial charge in [0.1, 0.15) is 0 Å². The van der Waals surface area contributed by atoms with Crippen molar-refractivity contribution in [2.24, 2.45) is 11.7 Å². The third kappa shape index (κ3) is 5.27. The fourth-order valence-electron chi connectivity index (χ4n) is 1.81. The molecular formula is C14H20N4O2. The maximum absolute atomic E-state index is 11.7. The Balaban J connectivity index is 1.71. The van der Waals surface area contributed by atoms with E-state index in [1.54, 1.807) is 12.1 Å². The van der Waals surface area contributed by atoms with Crippen molar-refractivity contribution in [3.8, 4) is 0 Å². The molecule has 1 aromatic rings. The number of primary amides is 1. The van der Waals surface area contributed by atoms with Crippen molar-refractivity contribution in [1.29, 1.82) is 0 Å². The second-order valence-corrected chi connectivity index (χ2v) is 5.04. The van der Waals surface area contributed by atoms with Crippen molar-refractivity contribution >= 4 is 17.6 Å². The molecule has 108 valence electrons. The number of anilines is 1. The lowest BCUT2D eigenvalue weighted by molar-refractivity contribution is -0.115. The molecule has 5 N–H and O–H groups in total. The molecule has 3 amide bonds. The van der Waals surface area contributed by atoms with Gasteiger partial charge in [-0.3, -0.25) is 4.79 Å². The Morgan fingerprint density at radius 2 is 1.90 bits per heavy atom. The van der Waals surface area contributed by atoms with E-state index in [1.165, 1.54) is 12.8 Å². The number of nitrogens with two attached hydrogens (primary N) is 1. The van der Waals surface area contributed by atoms with Crippen LogP contribution in [0.1, 0.15) is 18.4 Å². The number of carbonyl (C=O) groups excluding carboxylic acids is 2. The highest BCUT2D eigenvalue weighted by atomic mass is 16.2. The Labute approximate surface area is 118 Å². The molecule has 0 saturated heterocycles. The van der Waals surface area contributed by atoms with E-state index in [2.05, 4.69) is 16.0 Å². The molecule has 1 aliphatic carbocycles. The van der Waals surface area contributed by atoms with Gasteiger partial charge in [-0.25, -0.2) is 4.79 Å². The third-order valence-electron chi connectivity index (χ3n) is 3.12. The first-order valence-corrected chi connectivity index (χ1v) is 6.76. The average Bonchev–Trinajstić information content (AvgIpc) is 3.22. The van der Waals surface area contributed by atoms with Gasteiger partial charge in [0.05, 0.1) is 6.54 Å². The van der Waals surface area contributed by atoms with Gasteiger partial charge in [-0.05, 0) is 43.0 Å². The lowest BCUT2D eigenvalue weighted by atomic mass is 10.2. The van der Waals surface area contributed by atoms with Crippen LogP contribution in [-0.4, -0.2) is 25.0 Å². The molecule has 6 nitrogen and oxygen atoms in total. The molecule has 20 heavy (non-hydrogen) atoms. The van der Waals surface area contributed by atoms with E-state index in [1.807, 2.05) is 12.1 Å². The minimum atomic E-state index is -0.552. The van der Waals surface area contributed by atoms with E-state index in [0.29, 0.717) is 13.1 Å². The van der Waals surface area contributed by atoms with Crippen molar-refractivity contribution < 1.29 is 9.59 Å². The number of hydrogen-bond acceptors (Lipinski definition) is 3. The molecule has 2 rings (SSSR count). The quantitative estimate of drug-likeness (QED) is 0.593. The molecule has 0 aliphatic heterocycles. The zero-order valence-corrected chi connectivity index (χ0v) is 11.3. The van der Waals surface area contributed by atoms with E-state index >= 15 is 0 Å². The third-order valence-corrected chi connectivity index (χ3v) is 3.12. The Hall–Kier alpha value is -2.08. The summed E-state index contributed by atoms with van der Waals surface area (Å²) in [5.41, 5.74) is 6.66. The Morgan fingerprint density at radius 1 is 1.20 bits per heavy atom. The van der Waals surface area contributed by atoms with Gasteiger partial charge in [-0.15, -0.1) is 0 Å². The number of hydrogen-bond donors (Lipinski definition) is 4. The molecule has 0 heterocycles. The summed E-state index contributed by atoms with van der Waals surface area (Å²) in [6.45, 7) is 1.64. The minimum absolute atomic E-state index is 0.0475. The van der Waals surface area contributed by atoms with Crippen molar-refractivity contribution in [3.63, 3.8) is 0 Å². The summed E-state index contributed by atoms with van der Waals surface area (Å²) in [5.74, 6) is 0.716. The second kappa shape index (κ2) is 6.91. The topological polar surface area (TPSA) is 96.2 Å². The second-order valence-electron chi connectivity index (χ2n) is 5.04. The molecule has 0 aromatic heterocycles. The van der Waals surface area contributed by atoms with Gasteiger partial charge >= 0.3 is 6.03 Å². The first kappa shape index (κ1) is 14.3. The van der Waals surface area contributed by atoms with Crippen molar-refractivity contribution in [2.45, 2.75) is 19.4 Å². The number of carbonyl (C=O) groups is 2. The maximum Gasteiger partial charge on any atom is 0.312 e. The number of amides is 3. The molecule has 0 atom stereocenters. The molecule has 1 saturated carbocycles. The molecule has 6 heteroatoms. The van der Waals surface area contributed by atoms with Crippen LogP contribution in [0.25, 0.3) is 0 Å². The number of rotatable bonds is 7. The minimum Gasteiger partial charge on any atom is -0.352 e. The summed E-state index contributed by atoms with van der Waals surface area (Å²) in [6.07, 6.45) is 2.55. The van der Waals surface area contributed by atoms with Crippen LogP contribution < -0.4 is 21.7 Å². The van der Waals surface area contributed by atoms with E-state index in [4.69, 9.17) is 5.73 Å². The molecule has 0 radical (unpaired) electrons. The lowest BCUT2D eigenvalue weighted by Crippen LogP contribution is -2.29. The van der Waals surface area contributed by atoms with Gasteiger partial charge in [0, 0.05) is 12.2 Å². The van der Waals surface area contributed by atoms with Gasteiger partial charge in [-0.2, -0.15) is 0 Å². The van der Waals surface area contributed by atoms with Crippen LogP contribution >= 0.6 is 0 Å². The van der Waals surface area contributed by atoms with Gasteiger partial charge < -0.3 is 21.7 Å². The van der Waals surface area contributed by atoms with Crippen LogP contribution in [0.3, 0.4) is 0 Å². The zero-order chi connectivity index (χ0) is 14.4. The van der Waals surface area contributed by atoms with E-state index in [9.17, 15) is 9.59 Å². The predicted molar refractivity (Wildman–Crippen MR) is 77.1 cm³/mol. The van der Waals surface area contributed by atoms with Crippen molar-refractivity contribution in [1.82, 2.24) is 10.6 Å². The smallest absolute Gasteiger partial charge is 0.312 e. The molecule has 1 fully saturated rings. The first-order valence-electron chi connectivity index (χ1n) is 6.76. The lowest BCUT2D eigenvalue weighted by Gasteiger charge is -2.07. The van der Waals surface area contributed by atoms with Crippen molar-refractivity contribution in [3.05, 3.63) is 29.8 Å². The van der Waals surface area contributed by atoms with E-state index in [0.717, 1.165) is 23.7 Å². The van der Waals surface area contributed by atoms with Crippen molar-refractivity contribution in [2.75, 3.05) is 18.4 Å². The van der Waals surface area contributed by atoms with Gasteiger partial charge in [-0.1, -0.05) is 12.1 Å². The number of nitrogens with one attached hydrogen (secondary N) is 3. The molecule has 0 bridgehead atoms. The fraction of sp³-hybridized carbons (Fsp3) is 0.429. The summed E-state index contributed by atoms with van der Waals surface area (Å²) < 4.78 is 0. The van der Waals surface area contributed by atoms with Gasteiger partial charge in [0.25, 0.3) is 0 Å². The summed E-state index contributed by atoms with van der Waals surface area (Å²) in [4.78, 5) is 22.3. The van der Waals surface area contributed by atoms with Crippen LogP contribution in [0.5, 0.6) is 0 Å².